The summed E-state index contributed by atoms with van der Waals surface area (Å²) in [6, 6.07) is 60.0. The molecule has 0 bridgehead atoms. The normalized spacial score (nSPS) is 11.9. The van der Waals surface area contributed by atoms with Crippen molar-refractivity contribution in [2.45, 2.75) is 0 Å². The summed E-state index contributed by atoms with van der Waals surface area (Å²) in [7, 11) is 2.00. The van der Waals surface area contributed by atoms with E-state index in [1.807, 2.05) is 77.0 Å². The molecular formula is C49H29IrN5+. The van der Waals surface area contributed by atoms with Crippen LogP contribution in [0.15, 0.2) is 158 Å². The van der Waals surface area contributed by atoms with E-state index < -0.39 is 0 Å². The van der Waals surface area contributed by atoms with Crippen molar-refractivity contribution in [2.75, 3.05) is 0 Å². The fourth-order valence-electron chi connectivity index (χ4n) is 8.89. The van der Waals surface area contributed by atoms with Crippen LogP contribution in [0.2, 0.25) is 0 Å². The van der Waals surface area contributed by atoms with E-state index in [9.17, 15) is 0 Å². The monoisotopic (exact) mass is 880 g/mol. The first kappa shape index (κ1) is 31.9. The summed E-state index contributed by atoms with van der Waals surface area (Å²) in [5.41, 5.74) is 12.8. The smallest absolute Gasteiger partial charge is 0.342 e. The standard InChI is InChI=1S/C35H18N3.C14H11N2.Ir/c1-2-8-20(9-3-1)29-18-33-28(19-36-29)25-14-7-13-24-27-16-31-26(17-32(27)38(33)35(24)25)23-12-6-11-22-21-10-4-5-15-30(21)37(31)34(22)23;1-15-11-16(12-7-3-2-4-8-12)14-10-6-5-9-13(14)15;/h1-8,10-19H;2-7,9-10H,1H3;/q2*-1;+3. The van der Waals surface area contributed by atoms with Crippen LogP contribution in [0, 0.1) is 18.5 Å². The van der Waals surface area contributed by atoms with Gasteiger partial charge in [0.1, 0.15) is 0 Å². The van der Waals surface area contributed by atoms with Gasteiger partial charge in [-0.15, -0.1) is 35.9 Å². The van der Waals surface area contributed by atoms with Crippen molar-refractivity contribution in [3.05, 3.63) is 176 Å². The number of rotatable bonds is 2. The van der Waals surface area contributed by atoms with Crippen LogP contribution in [0.1, 0.15) is 0 Å². The van der Waals surface area contributed by atoms with Crippen molar-refractivity contribution < 1.29 is 24.7 Å². The second-order valence-electron chi connectivity index (χ2n) is 14.1. The van der Waals surface area contributed by atoms with Crippen LogP contribution in [0.3, 0.4) is 0 Å². The molecule has 0 spiro atoms. The first-order chi connectivity index (χ1) is 26.7. The molecule has 0 aliphatic heterocycles. The third kappa shape index (κ3) is 4.44. The van der Waals surface area contributed by atoms with Crippen LogP contribution < -0.4 is 4.57 Å². The molecule has 6 aromatic heterocycles. The number of aryl methyl sites for hydroxylation is 1. The Balaban J connectivity index is 0.000000175. The Kier molecular flexibility index (Phi) is 6.93. The number of benzene rings is 7. The zero-order chi connectivity index (χ0) is 35.5. The molecule has 0 aliphatic rings. The molecule has 258 valence electrons. The molecule has 6 heterocycles. The van der Waals surface area contributed by atoms with E-state index in [1.165, 1.54) is 81.7 Å². The summed E-state index contributed by atoms with van der Waals surface area (Å²) in [5.74, 6) is 0. The van der Waals surface area contributed by atoms with Crippen molar-refractivity contribution in [1.82, 2.24) is 18.4 Å². The van der Waals surface area contributed by atoms with Crippen LogP contribution >= 0.6 is 0 Å². The number of imidazole rings is 1. The maximum Gasteiger partial charge on any atom is 3.00 e. The van der Waals surface area contributed by atoms with Gasteiger partial charge in [-0.25, -0.2) is 0 Å². The Morgan fingerprint density at radius 1 is 0.491 bits per heavy atom. The average molecular weight is 880 g/mol. The van der Waals surface area contributed by atoms with Gasteiger partial charge in [-0.2, -0.15) is 30.3 Å². The van der Waals surface area contributed by atoms with Gasteiger partial charge in [0.2, 0.25) is 6.33 Å². The SMILES string of the molecule is C[n+]1[c-]n(-c2[c-]cccc2)c2ccccc21.[Ir+3].[c-]1ccccc1-c1cc2c(cn1)c1cccc3c4cc5c(cc4n2c13)c1cccc2c3ccccc3n5c21. The Hall–Kier alpha value is -6.59. The van der Waals surface area contributed by atoms with Crippen molar-refractivity contribution >= 4 is 87.2 Å². The second kappa shape index (κ2) is 12.0. The molecule has 13 rings (SSSR count). The van der Waals surface area contributed by atoms with E-state index in [0.29, 0.717) is 0 Å². The molecule has 0 amide bonds. The molecule has 55 heavy (non-hydrogen) atoms. The van der Waals surface area contributed by atoms with Gasteiger partial charge in [0.15, 0.2) is 0 Å². The van der Waals surface area contributed by atoms with Crippen molar-refractivity contribution in [3.8, 4) is 16.9 Å². The average Bonchev–Trinajstić information content (AvgIpc) is 4.03. The molecule has 0 fully saturated rings. The van der Waals surface area contributed by atoms with Crippen LogP contribution in [-0.2, 0) is 27.2 Å². The largest absolute Gasteiger partial charge is 3.00 e. The predicted octanol–water partition coefficient (Wildman–Crippen LogP) is 10.9. The fraction of sp³-hybridized carbons (Fsp3) is 0.0204. The number of para-hydroxylation sites is 6. The first-order valence-electron chi connectivity index (χ1n) is 18.2. The maximum atomic E-state index is 4.84. The van der Waals surface area contributed by atoms with E-state index >= 15 is 0 Å². The van der Waals surface area contributed by atoms with Gasteiger partial charge in [0, 0.05) is 54.8 Å². The number of fused-ring (bicyclic) bond motifs is 13. The van der Waals surface area contributed by atoms with Crippen molar-refractivity contribution in [3.63, 3.8) is 0 Å². The number of pyridine rings is 1. The summed E-state index contributed by atoms with van der Waals surface area (Å²) < 4.78 is 8.94. The Labute approximate surface area is 328 Å². The van der Waals surface area contributed by atoms with Gasteiger partial charge in [-0.1, -0.05) is 90.6 Å². The Morgan fingerprint density at radius 3 is 1.75 bits per heavy atom. The minimum Gasteiger partial charge on any atom is -0.342 e. The minimum atomic E-state index is 0. The molecule has 0 N–H and O–H groups in total. The second-order valence-corrected chi connectivity index (χ2v) is 14.1. The molecule has 0 atom stereocenters. The molecule has 0 radical (unpaired) electrons. The summed E-state index contributed by atoms with van der Waals surface area (Å²) in [6.07, 6.45) is 5.30. The van der Waals surface area contributed by atoms with E-state index in [-0.39, 0.29) is 20.1 Å². The zero-order valence-electron chi connectivity index (χ0n) is 29.6. The Bertz CT molecular complexity index is 3560. The van der Waals surface area contributed by atoms with Crippen LogP contribution in [0.25, 0.3) is 104 Å². The molecule has 0 unspecified atom stereocenters. The summed E-state index contributed by atoms with van der Waals surface area (Å²) in [4.78, 5) is 4.84. The van der Waals surface area contributed by atoms with Crippen LogP contribution in [-0.4, -0.2) is 18.4 Å². The number of hydrogen-bond donors (Lipinski definition) is 0. The van der Waals surface area contributed by atoms with Crippen LogP contribution in [0.4, 0.5) is 0 Å². The molecule has 0 aliphatic carbocycles. The summed E-state index contributed by atoms with van der Waals surface area (Å²) in [5, 5.41) is 10.2. The van der Waals surface area contributed by atoms with E-state index in [4.69, 9.17) is 4.98 Å². The topological polar surface area (TPSA) is 30.5 Å². The zero-order valence-corrected chi connectivity index (χ0v) is 32.0. The molecule has 7 aromatic carbocycles. The van der Waals surface area contributed by atoms with E-state index in [1.54, 1.807) is 0 Å². The quantitative estimate of drug-likeness (QED) is 0.126. The van der Waals surface area contributed by atoms with Crippen molar-refractivity contribution in [1.29, 1.82) is 0 Å². The predicted molar refractivity (Wildman–Crippen MR) is 220 cm³/mol. The molecule has 6 heteroatoms. The molecule has 0 saturated heterocycles. The minimum absolute atomic E-state index is 0. The molecule has 0 saturated carbocycles. The van der Waals surface area contributed by atoms with Gasteiger partial charge in [0.05, 0.1) is 45.7 Å². The number of nitrogens with zero attached hydrogens (tertiary/aromatic N) is 5. The maximum absolute atomic E-state index is 4.84. The van der Waals surface area contributed by atoms with Gasteiger partial charge in [-0.05, 0) is 23.9 Å². The summed E-state index contributed by atoms with van der Waals surface area (Å²) in [6.45, 7) is 0. The molecule has 5 nitrogen and oxygen atoms in total. The summed E-state index contributed by atoms with van der Waals surface area (Å²) >= 11 is 0. The van der Waals surface area contributed by atoms with Gasteiger partial charge in [0.25, 0.3) is 0 Å². The van der Waals surface area contributed by atoms with Crippen molar-refractivity contribution in [2.24, 2.45) is 7.05 Å². The van der Waals surface area contributed by atoms with E-state index in [2.05, 4.69) is 124 Å². The third-order valence-electron chi connectivity index (χ3n) is 11.2. The number of aromatic nitrogens is 5. The van der Waals surface area contributed by atoms with Gasteiger partial charge < -0.3 is 22.9 Å². The van der Waals surface area contributed by atoms with Gasteiger partial charge in [-0.3, -0.25) is 0 Å². The first-order valence-corrected chi connectivity index (χ1v) is 18.2. The van der Waals surface area contributed by atoms with Crippen LogP contribution in [0.5, 0.6) is 0 Å². The number of hydrogen-bond acceptors (Lipinski definition) is 1. The molecular weight excluding hydrogens is 851 g/mol. The van der Waals surface area contributed by atoms with E-state index in [0.717, 1.165) is 22.5 Å². The third-order valence-corrected chi connectivity index (χ3v) is 11.2. The fourth-order valence-corrected chi connectivity index (χ4v) is 8.89. The Morgan fingerprint density at radius 2 is 1.05 bits per heavy atom. The van der Waals surface area contributed by atoms with Gasteiger partial charge >= 0.3 is 20.1 Å². The molecule has 13 aromatic rings.